The number of para-hydroxylation sites is 2. The van der Waals surface area contributed by atoms with Crippen molar-refractivity contribution >= 4 is 34.7 Å². The Bertz CT molecular complexity index is 759. The Hall–Kier alpha value is -2.02. The first-order chi connectivity index (χ1) is 11.6. The highest BCUT2D eigenvalue weighted by atomic mass is 32.2. The average molecular weight is 347 g/mol. The number of thioether (sulfide) groups is 1. The van der Waals surface area contributed by atoms with E-state index >= 15 is 0 Å². The molecule has 1 aromatic carbocycles. The van der Waals surface area contributed by atoms with E-state index in [-0.39, 0.29) is 12.5 Å². The summed E-state index contributed by atoms with van der Waals surface area (Å²) in [5.74, 6) is 0.501. The zero-order valence-electron chi connectivity index (χ0n) is 13.6. The number of carbonyl (C=O) groups excluding carboxylic acids is 1. The van der Waals surface area contributed by atoms with Crippen LogP contribution < -0.4 is 0 Å². The zero-order chi connectivity index (χ0) is 17.1. The Balaban J connectivity index is 1.89. The van der Waals surface area contributed by atoms with Gasteiger partial charge in [-0.25, -0.2) is 9.78 Å². The number of aliphatic carboxylic acids is 1. The lowest BCUT2D eigenvalue weighted by molar-refractivity contribution is -0.152. The molecule has 0 radical (unpaired) electrons. The van der Waals surface area contributed by atoms with Gasteiger partial charge in [-0.1, -0.05) is 12.1 Å². The van der Waals surface area contributed by atoms with Gasteiger partial charge in [0.05, 0.1) is 16.8 Å². The van der Waals surface area contributed by atoms with Crippen molar-refractivity contribution < 1.29 is 14.7 Å². The lowest BCUT2D eigenvalue weighted by Crippen LogP contribution is -2.49. The van der Waals surface area contributed by atoms with E-state index in [1.54, 1.807) is 11.8 Å². The molecule has 128 valence electrons. The van der Waals surface area contributed by atoms with Crippen LogP contribution in [0.4, 0.5) is 0 Å². The van der Waals surface area contributed by atoms with Crippen LogP contribution in [0.5, 0.6) is 0 Å². The summed E-state index contributed by atoms with van der Waals surface area (Å²) in [6.07, 6.45) is 4.24. The number of benzene rings is 1. The number of hydrogen-bond donors (Lipinski definition) is 1. The summed E-state index contributed by atoms with van der Waals surface area (Å²) in [5.41, 5.74) is 1.78. The van der Waals surface area contributed by atoms with Crippen LogP contribution in [0.15, 0.2) is 24.3 Å². The number of carboxylic acids is 1. The van der Waals surface area contributed by atoms with Gasteiger partial charge in [0.15, 0.2) is 0 Å². The summed E-state index contributed by atoms with van der Waals surface area (Å²) in [5, 5.41) is 9.38. The number of likely N-dealkylation sites (tertiary alicyclic amines) is 1. The van der Waals surface area contributed by atoms with E-state index in [0.717, 1.165) is 29.7 Å². The van der Waals surface area contributed by atoms with E-state index in [2.05, 4.69) is 4.98 Å². The number of fused-ring (bicyclic) bond motifs is 1. The Morgan fingerprint density at radius 1 is 1.33 bits per heavy atom. The van der Waals surface area contributed by atoms with Crippen LogP contribution in [-0.4, -0.2) is 50.3 Å². The van der Waals surface area contributed by atoms with Gasteiger partial charge in [0, 0.05) is 6.54 Å². The summed E-state index contributed by atoms with van der Waals surface area (Å²) >= 11 is 1.65. The molecule has 2 aromatic rings. The third-order valence-electron chi connectivity index (χ3n) is 4.41. The van der Waals surface area contributed by atoms with Gasteiger partial charge in [0.1, 0.15) is 18.4 Å². The predicted octanol–water partition coefficient (Wildman–Crippen LogP) is 2.36. The van der Waals surface area contributed by atoms with Crippen molar-refractivity contribution in [2.75, 3.05) is 12.8 Å². The normalized spacial score (nSPS) is 18.0. The number of rotatable bonds is 5. The minimum atomic E-state index is -0.914. The molecule has 0 bridgehead atoms. The molecule has 0 saturated carbocycles. The third-order valence-corrected chi connectivity index (χ3v) is 4.96. The van der Waals surface area contributed by atoms with Gasteiger partial charge in [-0.15, -0.1) is 0 Å². The Kier molecular flexibility index (Phi) is 5.08. The van der Waals surface area contributed by atoms with Gasteiger partial charge in [-0.05, 0) is 37.7 Å². The predicted molar refractivity (Wildman–Crippen MR) is 93.9 cm³/mol. The molecule has 24 heavy (non-hydrogen) atoms. The van der Waals surface area contributed by atoms with Crippen LogP contribution in [0.3, 0.4) is 0 Å². The van der Waals surface area contributed by atoms with Crippen molar-refractivity contribution in [3.63, 3.8) is 0 Å². The fraction of sp³-hybridized carbons (Fsp3) is 0.471. The van der Waals surface area contributed by atoms with Crippen LogP contribution in [0.1, 0.15) is 25.1 Å². The molecule has 1 aliphatic heterocycles. The highest BCUT2D eigenvalue weighted by Gasteiger charge is 2.32. The lowest BCUT2D eigenvalue weighted by Gasteiger charge is -2.33. The summed E-state index contributed by atoms with van der Waals surface area (Å²) in [4.78, 5) is 30.4. The number of carbonyl (C=O) groups is 2. The maximum atomic E-state index is 12.8. The highest BCUT2D eigenvalue weighted by molar-refractivity contribution is 7.97. The van der Waals surface area contributed by atoms with Crippen LogP contribution in [0.25, 0.3) is 11.0 Å². The zero-order valence-corrected chi connectivity index (χ0v) is 14.5. The minimum absolute atomic E-state index is 0.139. The van der Waals surface area contributed by atoms with E-state index in [0.29, 0.717) is 18.7 Å². The van der Waals surface area contributed by atoms with E-state index in [1.165, 1.54) is 4.90 Å². The molecule has 2 heterocycles. The molecule has 1 amide bonds. The molecule has 1 fully saturated rings. The van der Waals surface area contributed by atoms with Gasteiger partial charge in [-0.3, -0.25) is 4.79 Å². The number of hydrogen-bond acceptors (Lipinski definition) is 4. The van der Waals surface area contributed by atoms with Gasteiger partial charge in [-0.2, -0.15) is 11.8 Å². The smallest absolute Gasteiger partial charge is 0.326 e. The molecule has 0 spiro atoms. The Morgan fingerprint density at radius 3 is 2.88 bits per heavy atom. The topological polar surface area (TPSA) is 75.4 Å². The number of carboxylic acid groups (broad SMARTS) is 1. The van der Waals surface area contributed by atoms with Gasteiger partial charge in [0.2, 0.25) is 5.91 Å². The van der Waals surface area contributed by atoms with Gasteiger partial charge >= 0.3 is 5.97 Å². The quantitative estimate of drug-likeness (QED) is 0.899. The number of amides is 1. The molecular weight excluding hydrogens is 326 g/mol. The first kappa shape index (κ1) is 16.8. The molecule has 1 aromatic heterocycles. The van der Waals surface area contributed by atoms with E-state index in [9.17, 15) is 14.7 Å². The first-order valence-corrected chi connectivity index (χ1v) is 9.46. The third kappa shape index (κ3) is 3.26. The van der Waals surface area contributed by atoms with Crippen molar-refractivity contribution in [1.82, 2.24) is 14.5 Å². The molecule has 1 N–H and O–H groups in total. The fourth-order valence-electron chi connectivity index (χ4n) is 3.25. The lowest BCUT2D eigenvalue weighted by atomic mass is 10.0. The number of piperidine rings is 1. The summed E-state index contributed by atoms with van der Waals surface area (Å²) < 4.78 is 1.92. The second kappa shape index (κ2) is 7.25. The van der Waals surface area contributed by atoms with E-state index in [4.69, 9.17) is 0 Å². The van der Waals surface area contributed by atoms with E-state index < -0.39 is 12.0 Å². The number of nitrogens with zero attached hydrogens (tertiary/aromatic N) is 3. The average Bonchev–Trinajstić information content (AvgIpc) is 2.93. The summed E-state index contributed by atoms with van der Waals surface area (Å²) in [6, 6.07) is 7.03. The van der Waals surface area contributed by atoms with Crippen LogP contribution in [0.2, 0.25) is 0 Å². The summed E-state index contributed by atoms with van der Waals surface area (Å²) in [6.45, 7) is 0.653. The van der Waals surface area contributed by atoms with Crippen molar-refractivity contribution in [3.05, 3.63) is 30.1 Å². The number of imidazole rings is 1. The standard InChI is InChI=1S/C17H21N3O3S/c1-24-11-15-18-12-6-2-3-7-13(12)20(15)10-16(21)19-9-5-4-8-14(19)17(22)23/h2-3,6-7,14H,4-5,8-11H2,1H3,(H,22,23). The highest BCUT2D eigenvalue weighted by Crippen LogP contribution is 2.22. The van der Waals surface area contributed by atoms with Crippen molar-refractivity contribution in [3.8, 4) is 0 Å². The molecule has 6 nitrogen and oxygen atoms in total. The molecule has 1 atom stereocenters. The van der Waals surface area contributed by atoms with E-state index in [1.807, 2.05) is 35.1 Å². The molecule has 1 saturated heterocycles. The van der Waals surface area contributed by atoms with Crippen molar-refractivity contribution in [2.24, 2.45) is 0 Å². The first-order valence-electron chi connectivity index (χ1n) is 8.07. The monoisotopic (exact) mass is 347 g/mol. The van der Waals surface area contributed by atoms with Crippen molar-refractivity contribution in [1.29, 1.82) is 0 Å². The molecule has 0 aliphatic carbocycles. The van der Waals surface area contributed by atoms with Crippen LogP contribution in [-0.2, 0) is 21.9 Å². The maximum absolute atomic E-state index is 12.8. The SMILES string of the molecule is CSCc1nc2ccccc2n1CC(=O)N1CCCCC1C(=O)O. The second-order valence-corrected chi connectivity index (χ2v) is 6.84. The maximum Gasteiger partial charge on any atom is 0.326 e. The molecule has 3 rings (SSSR count). The molecule has 1 aliphatic rings. The minimum Gasteiger partial charge on any atom is -0.480 e. The van der Waals surface area contributed by atoms with Crippen LogP contribution in [0, 0.1) is 0 Å². The summed E-state index contributed by atoms with van der Waals surface area (Å²) in [7, 11) is 0. The van der Waals surface area contributed by atoms with Gasteiger partial charge in [0.25, 0.3) is 0 Å². The van der Waals surface area contributed by atoms with Crippen LogP contribution >= 0.6 is 11.8 Å². The second-order valence-electron chi connectivity index (χ2n) is 5.97. The molecule has 7 heteroatoms. The number of aromatic nitrogens is 2. The van der Waals surface area contributed by atoms with Gasteiger partial charge < -0.3 is 14.6 Å². The fourth-order valence-corrected chi connectivity index (χ4v) is 3.73. The molecule has 1 unspecified atom stereocenters. The van der Waals surface area contributed by atoms with Crippen molar-refractivity contribution in [2.45, 2.75) is 37.6 Å². The Labute approximate surface area is 144 Å². The Morgan fingerprint density at radius 2 is 2.12 bits per heavy atom. The molecular formula is C17H21N3O3S. The largest absolute Gasteiger partial charge is 0.480 e.